The van der Waals surface area contributed by atoms with E-state index in [1.165, 1.54) is 23.9 Å². The fourth-order valence-corrected chi connectivity index (χ4v) is 4.55. The first-order valence-corrected chi connectivity index (χ1v) is 12.5. The monoisotopic (exact) mass is 516 g/mol. The maximum Gasteiger partial charge on any atom is 0.410 e. The van der Waals surface area contributed by atoms with Crippen molar-refractivity contribution < 1.29 is 24.4 Å². The van der Waals surface area contributed by atoms with Crippen molar-refractivity contribution in [3.63, 3.8) is 0 Å². The van der Waals surface area contributed by atoms with E-state index in [2.05, 4.69) is 28.8 Å². The molecule has 0 atom stereocenters. The molecule has 1 aromatic carbocycles. The number of carboxylic acid groups (broad SMARTS) is 1. The molecule has 0 spiro atoms. The first-order chi connectivity index (χ1) is 16.9. The zero-order valence-corrected chi connectivity index (χ0v) is 22.5. The van der Waals surface area contributed by atoms with Crippen molar-refractivity contribution in [2.75, 3.05) is 13.1 Å². The number of carboxylic acids is 1. The van der Waals surface area contributed by atoms with E-state index in [0.717, 1.165) is 37.4 Å². The molecule has 2 aromatic rings. The minimum Gasteiger partial charge on any atom is -0.481 e. The van der Waals surface area contributed by atoms with Gasteiger partial charge < -0.3 is 25.5 Å². The van der Waals surface area contributed by atoms with Crippen LogP contribution in [0.25, 0.3) is 17.0 Å². The van der Waals surface area contributed by atoms with Crippen molar-refractivity contribution in [2.45, 2.75) is 78.4 Å². The van der Waals surface area contributed by atoms with Crippen molar-refractivity contribution in [2.24, 2.45) is 5.92 Å². The molecule has 1 aliphatic heterocycles. The number of ether oxygens (including phenoxy) is 1. The summed E-state index contributed by atoms with van der Waals surface area (Å²) in [4.78, 5) is 34.2. The maximum atomic E-state index is 12.5. The molecule has 37 heavy (non-hydrogen) atoms. The largest absolute Gasteiger partial charge is 0.481 e. The van der Waals surface area contributed by atoms with E-state index in [0.29, 0.717) is 24.9 Å². The van der Waals surface area contributed by atoms with E-state index in [1.54, 1.807) is 17.9 Å². The van der Waals surface area contributed by atoms with Gasteiger partial charge in [0.05, 0.1) is 10.4 Å². The molecule has 1 saturated carbocycles. The fraction of sp³-hybridized carbons (Fsp3) is 0.556. The van der Waals surface area contributed by atoms with Crippen molar-refractivity contribution in [3.05, 3.63) is 51.3 Å². The Morgan fingerprint density at radius 2 is 1.76 bits per heavy atom. The second kappa shape index (κ2) is 12.2. The standard InChI is InChI=1S/C25H33N3O4.C2H4O2.H3N/c1-17(28(30)31)14-21-15-20-6-5-7-22(23(20)27(21)16-18-8-9-18)19-10-12-26(13-11-19)24(29)32-25(2,3)4;1-2(3)4;/h5-7,14-15,18-19H,8-13,16H2,1-4H3;1H3,(H,3,4);1H3/b17-14+;;. The van der Waals surface area contributed by atoms with Crippen LogP contribution in [0.1, 0.15) is 77.5 Å². The van der Waals surface area contributed by atoms with Crippen LogP contribution in [0.5, 0.6) is 0 Å². The Hall–Kier alpha value is -3.40. The molecule has 10 heteroatoms. The van der Waals surface area contributed by atoms with Crippen LogP contribution in [0.15, 0.2) is 30.0 Å². The summed E-state index contributed by atoms with van der Waals surface area (Å²) in [5.74, 6) is 0.161. The van der Waals surface area contributed by atoms with Crippen LogP contribution in [0.2, 0.25) is 0 Å². The van der Waals surface area contributed by atoms with Crippen LogP contribution in [0, 0.1) is 16.0 Å². The van der Waals surface area contributed by atoms with Gasteiger partial charge in [0.25, 0.3) is 5.97 Å². The van der Waals surface area contributed by atoms with Gasteiger partial charge in [0, 0.05) is 50.6 Å². The van der Waals surface area contributed by atoms with E-state index in [1.807, 2.05) is 20.8 Å². The number of aromatic nitrogens is 1. The molecule has 2 aliphatic rings. The minimum atomic E-state index is -0.833. The van der Waals surface area contributed by atoms with Gasteiger partial charge in [-0.25, -0.2) is 4.79 Å². The Bertz CT molecular complexity index is 1150. The number of carbonyl (C=O) groups excluding carboxylic acids is 1. The molecule has 1 aromatic heterocycles. The van der Waals surface area contributed by atoms with E-state index < -0.39 is 11.6 Å². The number of hydrogen-bond acceptors (Lipinski definition) is 6. The van der Waals surface area contributed by atoms with E-state index in [4.69, 9.17) is 14.6 Å². The number of hydrogen-bond donors (Lipinski definition) is 2. The molecule has 2 fully saturated rings. The summed E-state index contributed by atoms with van der Waals surface area (Å²) in [6.45, 7) is 10.5. The van der Waals surface area contributed by atoms with Crippen LogP contribution >= 0.6 is 0 Å². The molecule has 1 saturated heterocycles. The van der Waals surface area contributed by atoms with Crippen molar-refractivity contribution in [1.29, 1.82) is 0 Å². The van der Waals surface area contributed by atoms with Gasteiger partial charge in [0.15, 0.2) is 0 Å². The minimum absolute atomic E-state index is 0. The highest BCUT2D eigenvalue weighted by atomic mass is 16.6. The van der Waals surface area contributed by atoms with Gasteiger partial charge in [0.1, 0.15) is 5.60 Å². The summed E-state index contributed by atoms with van der Waals surface area (Å²) in [6, 6.07) is 8.43. The summed E-state index contributed by atoms with van der Waals surface area (Å²) >= 11 is 0. The number of para-hydroxylation sites is 1. The van der Waals surface area contributed by atoms with Crippen LogP contribution in [-0.4, -0.2) is 50.2 Å². The average molecular weight is 517 g/mol. The number of allylic oxidation sites excluding steroid dienone is 1. The number of fused-ring (bicyclic) bond motifs is 1. The predicted octanol–water partition coefficient (Wildman–Crippen LogP) is 6.06. The highest BCUT2D eigenvalue weighted by Gasteiger charge is 2.30. The van der Waals surface area contributed by atoms with Gasteiger partial charge in [0.2, 0.25) is 5.70 Å². The third-order valence-electron chi connectivity index (χ3n) is 6.35. The smallest absolute Gasteiger partial charge is 0.410 e. The Kier molecular flexibility index (Phi) is 9.86. The lowest BCUT2D eigenvalue weighted by Crippen LogP contribution is -2.41. The number of likely N-dealkylation sites (tertiary alicyclic amines) is 1. The lowest BCUT2D eigenvalue weighted by atomic mass is 9.88. The number of nitro groups is 1. The summed E-state index contributed by atoms with van der Waals surface area (Å²) in [6.07, 6.45) is 5.64. The number of amides is 1. The number of rotatable bonds is 5. The summed E-state index contributed by atoms with van der Waals surface area (Å²) in [5, 5.41) is 19.8. The number of aliphatic carboxylic acids is 1. The fourth-order valence-electron chi connectivity index (χ4n) is 4.55. The summed E-state index contributed by atoms with van der Waals surface area (Å²) in [7, 11) is 0. The number of benzene rings is 1. The van der Waals surface area contributed by atoms with Gasteiger partial charge in [-0.2, -0.15) is 0 Å². The molecule has 0 unspecified atom stereocenters. The van der Waals surface area contributed by atoms with Crippen LogP contribution < -0.4 is 6.15 Å². The Labute approximate surface area is 218 Å². The lowest BCUT2D eigenvalue weighted by Gasteiger charge is -2.34. The Balaban J connectivity index is 0.000000898. The lowest BCUT2D eigenvalue weighted by molar-refractivity contribution is -0.422. The molecule has 1 aliphatic carbocycles. The molecular formula is C27H40N4O6. The third kappa shape index (κ3) is 8.31. The van der Waals surface area contributed by atoms with Crippen LogP contribution in [0.4, 0.5) is 4.79 Å². The number of carbonyl (C=O) groups is 2. The molecule has 1 amide bonds. The number of piperidine rings is 1. The van der Waals surface area contributed by atoms with Gasteiger partial charge >= 0.3 is 6.09 Å². The van der Waals surface area contributed by atoms with Crippen molar-refractivity contribution in [1.82, 2.24) is 15.6 Å². The zero-order chi connectivity index (χ0) is 26.6. The van der Waals surface area contributed by atoms with Crippen molar-refractivity contribution >= 4 is 29.0 Å². The Morgan fingerprint density at radius 1 is 1.16 bits per heavy atom. The maximum absolute atomic E-state index is 12.5. The van der Waals surface area contributed by atoms with E-state index >= 15 is 0 Å². The van der Waals surface area contributed by atoms with Gasteiger partial charge in [-0.1, -0.05) is 18.2 Å². The molecule has 204 valence electrons. The normalized spacial score (nSPS) is 16.5. The SMILES string of the molecule is C/C(=C\c1cc2cccc(C3CCN(C(=O)OC(C)(C)C)CC3)c2n1CC1CC1)[N+](=O)[O-].CC(=O)O.N. The van der Waals surface area contributed by atoms with E-state index in [9.17, 15) is 14.9 Å². The van der Waals surface area contributed by atoms with Crippen LogP contribution in [-0.2, 0) is 16.1 Å². The summed E-state index contributed by atoms with van der Waals surface area (Å²) in [5.41, 5.74) is 3.04. The summed E-state index contributed by atoms with van der Waals surface area (Å²) < 4.78 is 7.83. The van der Waals surface area contributed by atoms with Crippen molar-refractivity contribution in [3.8, 4) is 0 Å². The first-order valence-electron chi connectivity index (χ1n) is 12.5. The second-order valence-electron chi connectivity index (χ2n) is 10.7. The highest BCUT2D eigenvalue weighted by Crippen LogP contribution is 2.38. The first kappa shape index (κ1) is 29.8. The molecular weight excluding hydrogens is 476 g/mol. The topological polar surface area (TPSA) is 150 Å². The Morgan fingerprint density at radius 3 is 2.27 bits per heavy atom. The molecule has 0 radical (unpaired) electrons. The molecule has 0 bridgehead atoms. The molecule has 4 rings (SSSR count). The van der Waals surface area contributed by atoms with Gasteiger partial charge in [-0.05, 0) is 69.9 Å². The van der Waals surface area contributed by atoms with E-state index in [-0.39, 0.29) is 22.9 Å². The molecule has 4 N–H and O–H groups in total. The van der Waals surface area contributed by atoms with Gasteiger partial charge in [-0.15, -0.1) is 0 Å². The zero-order valence-electron chi connectivity index (χ0n) is 22.5. The highest BCUT2D eigenvalue weighted by molar-refractivity contribution is 5.87. The quantitative estimate of drug-likeness (QED) is 0.362. The predicted molar refractivity (Wildman–Crippen MR) is 143 cm³/mol. The number of nitrogens with zero attached hydrogens (tertiary/aromatic N) is 3. The van der Waals surface area contributed by atoms with Crippen LogP contribution in [0.3, 0.4) is 0 Å². The average Bonchev–Trinajstić information content (AvgIpc) is 3.53. The third-order valence-corrected chi connectivity index (χ3v) is 6.35. The molecule has 10 nitrogen and oxygen atoms in total. The van der Waals surface area contributed by atoms with Gasteiger partial charge in [-0.3, -0.25) is 14.9 Å². The molecule has 2 heterocycles. The second-order valence-corrected chi connectivity index (χ2v) is 10.7.